The number of nitriles is 1. The smallest absolute Gasteiger partial charge is 0.351 e. The first-order chi connectivity index (χ1) is 27.5. The van der Waals surface area contributed by atoms with Crippen LogP contribution in [0.25, 0.3) is 0 Å². The molecule has 1 N–H and O–H groups in total. The molecule has 2 unspecified atom stereocenters. The van der Waals surface area contributed by atoms with Crippen molar-refractivity contribution >= 4 is 40.2 Å². The summed E-state index contributed by atoms with van der Waals surface area (Å²) in [5.74, 6) is 0.566. The van der Waals surface area contributed by atoms with Crippen LogP contribution in [0.4, 0.5) is 11.5 Å². The van der Waals surface area contributed by atoms with Gasteiger partial charge in [0.1, 0.15) is 30.3 Å². The van der Waals surface area contributed by atoms with E-state index in [0.29, 0.717) is 34.7 Å². The molecule has 17 heteroatoms. The van der Waals surface area contributed by atoms with Gasteiger partial charge in [0.25, 0.3) is 20.3 Å². The van der Waals surface area contributed by atoms with Gasteiger partial charge in [0.15, 0.2) is 31.9 Å². The van der Waals surface area contributed by atoms with Crippen LogP contribution in [0.2, 0.25) is 18.1 Å². The van der Waals surface area contributed by atoms with Crippen molar-refractivity contribution in [3.63, 3.8) is 0 Å². The summed E-state index contributed by atoms with van der Waals surface area (Å²) < 4.78 is 43.2. The topological polar surface area (TPSA) is 167 Å². The first-order valence-electron chi connectivity index (χ1n) is 19.8. The highest BCUT2D eigenvalue weighted by atomic mass is 31.2. The van der Waals surface area contributed by atoms with E-state index in [0.717, 1.165) is 0 Å². The van der Waals surface area contributed by atoms with Gasteiger partial charge in [0.05, 0.1) is 49.1 Å². The van der Waals surface area contributed by atoms with Crippen LogP contribution >= 0.6 is 8.53 Å². The highest BCUT2D eigenvalue weighted by molar-refractivity contribution is 7.44. The fraction of sp³-hybridized carbons (Fsp3) is 0.537. The van der Waals surface area contributed by atoms with Gasteiger partial charge in [0.2, 0.25) is 0 Å². The van der Waals surface area contributed by atoms with Crippen molar-refractivity contribution in [3.8, 4) is 23.3 Å². The quantitative estimate of drug-likeness (QED) is 0.0498. The maximum atomic E-state index is 14.1. The Morgan fingerprint density at radius 1 is 0.983 bits per heavy atom. The average molecular weight is 835 g/mol. The van der Waals surface area contributed by atoms with Crippen LogP contribution in [-0.4, -0.2) is 89.4 Å². The predicted molar refractivity (Wildman–Crippen MR) is 222 cm³/mol. The summed E-state index contributed by atoms with van der Waals surface area (Å²) in [5.41, 5.74) is 0.599. The van der Waals surface area contributed by atoms with Crippen LogP contribution < -0.4 is 20.5 Å². The molecule has 0 spiro atoms. The second-order valence-electron chi connectivity index (χ2n) is 16.6. The fourth-order valence-corrected chi connectivity index (χ4v) is 10.0. The number of anilines is 2. The Hall–Kier alpha value is -4.20. The minimum Gasteiger partial charge on any atom is -0.489 e. The van der Waals surface area contributed by atoms with Crippen molar-refractivity contribution in [1.29, 1.82) is 5.26 Å². The summed E-state index contributed by atoms with van der Waals surface area (Å²) >= 11 is 0. The number of hydrogen-bond donors (Lipinski definition) is 1. The van der Waals surface area contributed by atoms with Crippen LogP contribution in [0.3, 0.4) is 0 Å². The average Bonchev–Trinajstić information content (AvgIpc) is 3.61. The summed E-state index contributed by atoms with van der Waals surface area (Å²) in [7, 11) is -4.17. The molecule has 15 nitrogen and oxygen atoms in total. The molecule has 5 atom stereocenters. The zero-order chi connectivity index (χ0) is 42.1. The molecule has 1 saturated heterocycles. The summed E-state index contributed by atoms with van der Waals surface area (Å²) in [6, 6.07) is 14.3. The number of hydrogen-bond acceptors (Lipinski definition) is 13. The summed E-state index contributed by atoms with van der Waals surface area (Å²) in [6.07, 6.45) is -0.364. The first kappa shape index (κ1) is 43.4. The monoisotopic (exact) mass is 834 g/mol. The highest BCUT2D eigenvalue weighted by Gasteiger charge is 2.53. The van der Waals surface area contributed by atoms with E-state index >= 15 is 0 Å². The molecule has 0 bridgehead atoms. The standard InChI is InChI=1S/C41H55N6O9PSi/c1-11-29-34(55-57(52-22-15-20-42)47(25(2)3)26(4)5)35(56-58(9,10)41(6,7)8)39(54-29)46-24-32-36(44-40(46)50)43-33-30(18-14-19-31(33)53-32)51-23-21-45-37(48)27-16-12-13-17-28(27)38(45)49/h12-14,16-19,24-26,29,34-35,39H,11,15,21-23H2,1-10H3,(H,43,44,50)/t29-,34?,35+,39-,57?/m1/s1. The van der Waals surface area contributed by atoms with Crippen LogP contribution in [0.1, 0.15) is 95.2 Å². The third kappa shape index (κ3) is 8.72. The number of aromatic nitrogens is 2. The fourth-order valence-electron chi connectivity index (χ4n) is 6.99. The Labute approximate surface area is 342 Å². The Morgan fingerprint density at radius 3 is 2.26 bits per heavy atom. The van der Waals surface area contributed by atoms with Gasteiger partial charge >= 0.3 is 5.69 Å². The number of nitrogens with zero attached hydrogens (tertiary/aromatic N) is 5. The van der Waals surface area contributed by atoms with Crippen molar-refractivity contribution in [2.24, 2.45) is 0 Å². The van der Waals surface area contributed by atoms with E-state index in [1.54, 1.807) is 48.7 Å². The van der Waals surface area contributed by atoms with Gasteiger partial charge in [-0.2, -0.15) is 10.2 Å². The van der Waals surface area contributed by atoms with Gasteiger partial charge in [-0.05, 0) is 76.5 Å². The zero-order valence-corrected chi connectivity index (χ0v) is 36.9. The third-order valence-electron chi connectivity index (χ3n) is 10.9. The normalized spacial score (nSPS) is 20.8. The minimum absolute atomic E-state index is 0.0274. The molecule has 0 aliphatic carbocycles. The van der Waals surface area contributed by atoms with E-state index in [4.69, 9.17) is 27.7 Å². The molecule has 312 valence electrons. The molecule has 0 radical (unpaired) electrons. The molecule has 58 heavy (non-hydrogen) atoms. The number of ether oxygens (including phenoxy) is 3. The second kappa shape index (κ2) is 17.6. The summed E-state index contributed by atoms with van der Waals surface area (Å²) in [4.78, 5) is 45.4. The van der Waals surface area contributed by atoms with E-state index in [1.807, 2.05) is 6.92 Å². The number of para-hydroxylation sites is 1. The lowest BCUT2D eigenvalue weighted by Crippen LogP contribution is -2.50. The molecule has 3 aromatic rings. The molecule has 2 amide bonds. The molecule has 1 fully saturated rings. The Morgan fingerprint density at radius 2 is 1.66 bits per heavy atom. The van der Waals surface area contributed by atoms with Crippen LogP contribution in [-0.2, 0) is 18.2 Å². The van der Waals surface area contributed by atoms with Gasteiger partial charge < -0.3 is 33.0 Å². The van der Waals surface area contributed by atoms with Crippen LogP contribution in [0.15, 0.2) is 53.5 Å². The van der Waals surface area contributed by atoms with Gasteiger partial charge in [-0.15, -0.1) is 0 Å². The lowest BCUT2D eigenvalue weighted by atomic mass is 10.1. The number of amides is 2. The number of fused-ring (bicyclic) bond motifs is 3. The maximum Gasteiger partial charge on any atom is 0.351 e. The van der Waals surface area contributed by atoms with Gasteiger partial charge in [-0.25, -0.2) is 9.46 Å². The van der Waals surface area contributed by atoms with E-state index in [1.165, 1.54) is 9.47 Å². The van der Waals surface area contributed by atoms with Crippen molar-refractivity contribution in [2.75, 3.05) is 25.1 Å². The van der Waals surface area contributed by atoms with E-state index in [9.17, 15) is 19.6 Å². The minimum atomic E-state index is -2.51. The molecule has 4 heterocycles. The van der Waals surface area contributed by atoms with Crippen LogP contribution in [0.5, 0.6) is 17.2 Å². The molecule has 2 aromatic carbocycles. The number of carbonyl (C=O) groups is 2. The molecule has 6 rings (SSSR count). The number of imide groups is 1. The predicted octanol–water partition coefficient (Wildman–Crippen LogP) is 8.13. The van der Waals surface area contributed by atoms with Crippen molar-refractivity contribution in [2.45, 2.75) is 123 Å². The first-order valence-corrected chi connectivity index (χ1v) is 23.9. The molecular weight excluding hydrogens is 780 g/mol. The Kier molecular flexibility index (Phi) is 13.1. The molecule has 3 aliphatic rings. The third-order valence-corrected chi connectivity index (χ3v) is 17.5. The van der Waals surface area contributed by atoms with Crippen molar-refractivity contribution in [3.05, 3.63) is 70.3 Å². The summed E-state index contributed by atoms with van der Waals surface area (Å²) in [6.45, 7) is 21.4. The highest BCUT2D eigenvalue weighted by Crippen LogP contribution is 2.52. The number of nitrogens with one attached hydrogen (secondary N) is 1. The van der Waals surface area contributed by atoms with Crippen molar-refractivity contribution in [1.82, 2.24) is 19.1 Å². The molecular formula is C41H55N6O9PSi. The van der Waals surface area contributed by atoms with E-state index < -0.39 is 47.1 Å². The Bertz CT molecular complexity index is 2060. The second-order valence-corrected chi connectivity index (χ2v) is 22.8. The van der Waals surface area contributed by atoms with Crippen molar-refractivity contribution < 1.29 is 37.3 Å². The van der Waals surface area contributed by atoms with E-state index in [-0.39, 0.29) is 66.7 Å². The molecule has 3 aliphatic heterocycles. The SMILES string of the molecule is CC[C@H]1O[C@@H](n2cc3c(nc2=O)Nc2c(OCCN4C(=O)c5ccccc5C4=O)cccc2O3)[C@@H](O[Si](C)(C)C(C)(C)C)C1OP(OCCC#N)N(C(C)C)C(C)C. The summed E-state index contributed by atoms with van der Waals surface area (Å²) in [5, 5.41) is 12.3. The van der Waals surface area contributed by atoms with Gasteiger partial charge in [-0.3, -0.25) is 19.1 Å². The van der Waals surface area contributed by atoms with Crippen LogP contribution in [0, 0.1) is 11.3 Å². The lowest BCUT2D eigenvalue weighted by Gasteiger charge is -2.42. The number of rotatable bonds is 16. The Balaban J connectivity index is 1.27. The van der Waals surface area contributed by atoms with E-state index in [2.05, 4.69) is 82.6 Å². The maximum absolute atomic E-state index is 14.1. The molecule has 0 saturated carbocycles. The number of carbonyl (C=O) groups excluding carboxylic acids is 2. The lowest BCUT2D eigenvalue weighted by molar-refractivity contribution is -0.0374. The van der Waals surface area contributed by atoms with Gasteiger partial charge in [-0.1, -0.05) is 45.9 Å². The molecule has 1 aromatic heterocycles. The largest absolute Gasteiger partial charge is 0.489 e. The van der Waals surface area contributed by atoms with Gasteiger partial charge in [0, 0.05) is 12.1 Å². The number of benzene rings is 2. The zero-order valence-electron chi connectivity index (χ0n) is 35.0.